The maximum Gasteiger partial charge on any atom is 0.315 e. The van der Waals surface area contributed by atoms with Crippen LogP contribution in [0.2, 0.25) is 0 Å². The third-order valence-corrected chi connectivity index (χ3v) is 4.18. The summed E-state index contributed by atoms with van der Waals surface area (Å²) in [5.74, 6) is 0.408. The normalized spacial score (nSPS) is 12.2. The van der Waals surface area contributed by atoms with Crippen molar-refractivity contribution in [1.29, 1.82) is 0 Å². The molecule has 0 bridgehead atoms. The Morgan fingerprint density at radius 1 is 1.24 bits per heavy atom. The number of urea groups is 1. The summed E-state index contributed by atoms with van der Waals surface area (Å²) < 4.78 is 1.89. The van der Waals surface area contributed by atoms with E-state index in [1.54, 1.807) is 0 Å². The molecule has 6 heteroatoms. The monoisotopic (exact) mass is 344 g/mol. The minimum Gasteiger partial charge on any atom is -0.394 e. The Morgan fingerprint density at radius 3 is 2.52 bits per heavy atom. The van der Waals surface area contributed by atoms with Crippen molar-refractivity contribution in [3.63, 3.8) is 0 Å². The van der Waals surface area contributed by atoms with E-state index in [-0.39, 0.29) is 18.7 Å². The predicted molar refractivity (Wildman–Crippen MR) is 98.7 cm³/mol. The minimum atomic E-state index is -0.272. The molecule has 1 aromatic heterocycles. The van der Waals surface area contributed by atoms with E-state index in [2.05, 4.69) is 29.6 Å². The van der Waals surface area contributed by atoms with Crippen molar-refractivity contribution in [2.24, 2.45) is 5.92 Å². The van der Waals surface area contributed by atoms with Crippen LogP contribution in [0, 0.1) is 19.8 Å². The smallest absolute Gasteiger partial charge is 0.315 e. The molecule has 0 spiro atoms. The van der Waals surface area contributed by atoms with Crippen LogP contribution in [0.25, 0.3) is 5.69 Å². The highest BCUT2D eigenvalue weighted by Crippen LogP contribution is 2.17. The van der Waals surface area contributed by atoms with Gasteiger partial charge in [-0.3, -0.25) is 0 Å². The number of benzene rings is 1. The van der Waals surface area contributed by atoms with Gasteiger partial charge in [0, 0.05) is 17.8 Å². The van der Waals surface area contributed by atoms with Gasteiger partial charge in [-0.15, -0.1) is 0 Å². The quantitative estimate of drug-likeness (QED) is 0.722. The van der Waals surface area contributed by atoms with Gasteiger partial charge in [-0.05, 0) is 38.3 Å². The van der Waals surface area contributed by atoms with E-state index >= 15 is 0 Å². The standard InChI is InChI=1S/C19H28N4O2/c1-13(2)10-16(12-24)21-19(25)20-11-18-14(3)22-23(15(18)4)17-8-6-5-7-9-17/h5-9,13,16,24H,10-12H2,1-4H3,(H2,20,21,25). The zero-order valence-electron chi connectivity index (χ0n) is 15.4. The number of amides is 2. The fraction of sp³-hybridized carbons (Fsp3) is 0.474. The zero-order chi connectivity index (χ0) is 18.4. The first kappa shape index (κ1) is 19.0. The summed E-state index contributed by atoms with van der Waals surface area (Å²) >= 11 is 0. The van der Waals surface area contributed by atoms with E-state index in [0.29, 0.717) is 12.5 Å². The Hall–Kier alpha value is -2.34. The van der Waals surface area contributed by atoms with E-state index < -0.39 is 0 Å². The highest BCUT2D eigenvalue weighted by atomic mass is 16.3. The second kappa shape index (κ2) is 8.67. The Bertz CT molecular complexity index is 695. The van der Waals surface area contributed by atoms with Crippen LogP contribution in [0.4, 0.5) is 4.79 Å². The first-order valence-corrected chi connectivity index (χ1v) is 8.68. The first-order chi connectivity index (χ1) is 11.9. The summed E-state index contributed by atoms with van der Waals surface area (Å²) in [6.07, 6.45) is 0.744. The molecule has 1 unspecified atom stereocenters. The van der Waals surface area contributed by atoms with Gasteiger partial charge in [0.15, 0.2) is 0 Å². The maximum absolute atomic E-state index is 12.1. The number of para-hydroxylation sites is 1. The van der Waals surface area contributed by atoms with Gasteiger partial charge < -0.3 is 15.7 Å². The molecule has 1 aromatic carbocycles. The Kier molecular flexibility index (Phi) is 6.58. The summed E-state index contributed by atoms with van der Waals surface area (Å²) in [5.41, 5.74) is 3.90. The second-order valence-electron chi connectivity index (χ2n) is 6.73. The van der Waals surface area contributed by atoms with Gasteiger partial charge in [-0.25, -0.2) is 9.48 Å². The van der Waals surface area contributed by atoms with Crippen molar-refractivity contribution in [2.75, 3.05) is 6.61 Å². The highest BCUT2D eigenvalue weighted by Gasteiger charge is 2.16. The zero-order valence-corrected chi connectivity index (χ0v) is 15.4. The second-order valence-corrected chi connectivity index (χ2v) is 6.73. The fourth-order valence-corrected chi connectivity index (χ4v) is 2.90. The van der Waals surface area contributed by atoms with Crippen molar-refractivity contribution in [3.8, 4) is 5.69 Å². The summed E-state index contributed by atoms with van der Waals surface area (Å²) in [7, 11) is 0. The van der Waals surface area contributed by atoms with Gasteiger partial charge in [0.1, 0.15) is 0 Å². The summed E-state index contributed by atoms with van der Waals surface area (Å²) in [6.45, 7) is 8.40. The molecular weight excluding hydrogens is 316 g/mol. The lowest BCUT2D eigenvalue weighted by Crippen LogP contribution is -2.44. The molecule has 0 saturated carbocycles. The molecule has 136 valence electrons. The minimum absolute atomic E-state index is 0.0599. The van der Waals surface area contributed by atoms with E-state index in [4.69, 9.17) is 0 Å². The molecule has 1 heterocycles. The lowest BCUT2D eigenvalue weighted by atomic mass is 10.0. The van der Waals surface area contributed by atoms with Crippen molar-refractivity contribution in [1.82, 2.24) is 20.4 Å². The van der Waals surface area contributed by atoms with E-state index in [1.165, 1.54) is 0 Å². The number of carbonyl (C=O) groups excluding carboxylic acids is 1. The average molecular weight is 344 g/mol. The van der Waals surface area contributed by atoms with Crippen LogP contribution in [-0.4, -0.2) is 33.6 Å². The number of carbonyl (C=O) groups is 1. The van der Waals surface area contributed by atoms with Gasteiger partial charge in [0.05, 0.1) is 24.0 Å². The Labute approximate surface area is 149 Å². The molecule has 2 amide bonds. The fourth-order valence-electron chi connectivity index (χ4n) is 2.90. The number of nitrogens with one attached hydrogen (secondary N) is 2. The van der Waals surface area contributed by atoms with Crippen molar-refractivity contribution < 1.29 is 9.90 Å². The Morgan fingerprint density at radius 2 is 1.92 bits per heavy atom. The molecule has 6 nitrogen and oxygen atoms in total. The first-order valence-electron chi connectivity index (χ1n) is 8.68. The Balaban J connectivity index is 2.01. The molecule has 0 saturated heterocycles. The van der Waals surface area contributed by atoms with Crippen LogP contribution in [0.15, 0.2) is 30.3 Å². The molecule has 0 radical (unpaired) electrons. The van der Waals surface area contributed by atoms with E-state index in [1.807, 2.05) is 48.9 Å². The van der Waals surface area contributed by atoms with Crippen LogP contribution in [-0.2, 0) is 6.54 Å². The highest BCUT2D eigenvalue weighted by molar-refractivity contribution is 5.74. The maximum atomic E-state index is 12.1. The number of rotatable bonds is 7. The van der Waals surface area contributed by atoms with Crippen molar-refractivity contribution in [3.05, 3.63) is 47.3 Å². The molecule has 0 aliphatic rings. The van der Waals surface area contributed by atoms with Gasteiger partial charge in [-0.2, -0.15) is 5.10 Å². The van der Waals surface area contributed by atoms with Crippen molar-refractivity contribution >= 4 is 6.03 Å². The molecule has 0 aliphatic heterocycles. The average Bonchev–Trinajstić information content (AvgIpc) is 2.87. The number of hydrogen-bond donors (Lipinski definition) is 3. The number of aliphatic hydroxyl groups excluding tert-OH is 1. The van der Waals surface area contributed by atoms with Crippen LogP contribution in [0.1, 0.15) is 37.2 Å². The molecule has 0 aliphatic carbocycles. The van der Waals surface area contributed by atoms with E-state index in [9.17, 15) is 9.90 Å². The number of hydrogen-bond acceptors (Lipinski definition) is 3. The van der Waals surface area contributed by atoms with Gasteiger partial charge in [0.2, 0.25) is 0 Å². The summed E-state index contributed by atoms with van der Waals surface area (Å²) in [6, 6.07) is 9.42. The summed E-state index contributed by atoms with van der Waals surface area (Å²) in [5, 5.41) is 19.6. The SMILES string of the molecule is Cc1nn(-c2ccccc2)c(C)c1CNC(=O)NC(CO)CC(C)C. The molecule has 25 heavy (non-hydrogen) atoms. The lowest BCUT2D eigenvalue weighted by molar-refractivity contribution is 0.206. The molecule has 2 aromatic rings. The number of aryl methyl sites for hydroxylation is 1. The van der Waals surface area contributed by atoms with Crippen LogP contribution in [0.3, 0.4) is 0 Å². The number of nitrogens with zero attached hydrogens (tertiary/aromatic N) is 2. The summed E-state index contributed by atoms with van der Waals surface area (Å²) in [4.78, 5) is 12.1. The van der Waals surface area contributed by atoms with Crippen LogP contribution < -0.4 is 10.6 Å². The van der Waals surface area contributed by atoms with Gasteiger partial charge >= 0.3 is 6.03 Å². The van der Waals surface area contributed by atoms with E-state index in [0.717, 1.165) is 29.1 Å². The van der Waals surface area contributed by atoms with Crippen LogP contribution >= 0.6 is 0 Å². The third kappa shape index (κ3) is 5.06. The molecule has 0 fully saturated rings. The largest absolute Gasteiger partial charge is 0.394 e. The number of aromatic nitrogens is 2. The third-order valence-electron chi connectivity index (χ3n) is 4.18. The predicted octanol–water partition coefficient (Wildman–Crippen LogP) is 2.70. The molecule has 1 atom stereocenters. The topological polar surface area (TPSA) is 79.2 Å². The molecule has 2 rings (SSSR count). The van der Waals surface area contributed by atoms with Crippen molar-refractivity contribution in [2.45, 2.75) is 46.7 Å². The van der Waals surface area contributed by atoms with Crippen LogP contribution in [0.5, 0.6) is 0 Å². The molecular formula is C19H28N4O2. The number of aliphatic hydroxyl groups is 1. The lowest BCUT2D eigenvalue weighted by Gasteiger charge is -2.18. The van der Waals surface area contributed by atoms with Gasteiger partial charge in [-0.1, -0.05) is 32.0 Å². The van der Waals surface area contributed by atoms with Gasteiger partial charge in [0.25, 0.3) is 0 Å². The molecule has 3 N–H and O–H groups in total.